The van der Waals surface area contributed by atoms with E-state index < -0.39 is 41.7 Å². The van der Waals surface area contributed by atoms with E-state index in [2.05, 4.69) is 9.97 Å². The number of pyridine rings is 1. The molecule has 1 aliphatic heterocycles. The number of carboxylic acids is 1. The van der Waals surface area contributed by atoms with Gasteiger partial charge in [0.25, 0.3) is 5.88 Å². The lowest BCUT2D eigenvalue weighted by atomic mass is 10.0. The van der Waals surface area contributed by atoms with Crippen molar-refractivity contribution in [3.8, 4) is 17.1 Å². The largest absolute Gasteiger partial charge is 0.478 e. The third-order valence-electron chi connectivity index (χ3n) is 7.21. The maximum Gasteiger partial charge on any atom is 0.335 e. The number of rotatable bonds is 9. The Morgan fingerprint density at radius 3 is 2.42 bits per heavy atom. The number of aromatic carboxylic acids is 1. The Morgan fingerprint density at radius 1 is 0.953 bits per heavy atom. The summed E-state index contributed by atoms with van der Waals surface area (Å²) in [6.45, 7) is 0.649. The summed E-state index contributed by atoms with van der Waals surface area (Å²) >= 11 is 5.75. The van der Waals surface area contributed by atoms with Gasteiger partial charge in [0.05, 0.1) is 29.2 Å². The zero-order chi connectivity index (χ0) is 30.2. The number of imidazole rings is 1. The average molecular weight is 612 g/mol. The summed E-state index contributed by atoms with van der Waals surface area (Å²) in [5, 5.41) is 9.62. The minimum absolute atomic E-state index is 0.0312. The Bertz CT molecular complexity index is 1880. The Hall–Kier alpha value is -4.48. The van der Waals surface area contributed by atoms with Gasteiger partial charge < -0.3 is 19.1 Å². The van der Waals surface area contributed by atoms with Crippen LogP contribution in [0.25, 0.3) is 22.3 Å². The van der Waals surface area contributed by atoms with E-state index in [0.717, 1.165) is 18.6 Å². The van der Waals surface area contributed by atoms with Crippen molar-refractivity contribution in [2.45, 2.75) is 32.1 Å². The lowest BCUT2D eigenvalue weighted by Crippen LogP contribution is -2.31. The fourth-order valence-corrected chi connectivity index (χ4v) is 4.98. The number of carbonyl (C=O) groups is 1. The van der Waals surface area contributed by atoms with E-state index in [1.807, 2.05) is 4.57 Å². The molecule has 0 amide bonds. The van der Waals surface area contributed by atoms with Crippen LogP contribution in [0.15, 0.2) is 60.7 Å². The smallest absolute Gasteiger partial charge is 0.335 e. The Balaban J connectivity index is 1.28. The molecule has 0 saturated carbocycles. The van der Waals surface area contributed by atoms with Crippen LogP contribution in [0.1, 0.15) is 33.7 Å². The van der Waals surface area contributed by atoms with E-state index in [0.29, 0.717) is 36.1 Å². The Kier molecular flexibility index (Phi) is 7.76. The van der Waals surface area contributed by atoms with E-state index >= 15 is 4.39 Å². The molecule has 43 heavy (non-hydrogen) atoms. The summed E-state index contributed by atoms with van der Waals surface area (Å²) in [5.41, 5.74) is 1.25. The topological polar surface area (TPSA) is 86.5 Å². The molecule has 7 nitrogen and oxygen atoms in total. The first-order valence-corrected chi connectivity index (χ1v) is 13.6. The summed E-state index contributed by atoms with van der Waals surface area (Å²) in [6, 6.07) is 13.0. The number of ether oxygens (including phenoxy) is 2. The molecule has 0 aliphatic carbocycles. The van der Waals surface area contributed by atoms with Crippen LogP contribution in [0.4, 0.5) is 17.6 Å². The third kappa shape index (κ3) is 5.91. The minimum atomic E-state index is -1.10. The molecule has 2 aromatic heterocycles. The highest BCUT2D eigenvalue weighted by molar-refractivity contribution is 6.30. The average Bonchev–Trinajstić information content (AvgIpc) is 3.28. The molecule has 1 atom stereocenters. The van der Waals surface area contributed by atoms with Gasteiger partial charge in [-0.05, 0) is 48.4 Å². The lowest BCUT2D eigenvalue weighted by Gasteiger charge is -2.27. The molecular formula is C31H22ClF4N3O4. The second kappa shape index (κ2) is 11.7. The van der Waals surface area contributed by atoms with Gasteiger partial charge in [-0.15, -0.1) is 0 Å². The summed E-state index contributed by atoms with van der Waals surface area (Å²) in [6.07, 6.45) is 0.810. The van der Waals surface area contributed by atoms with Gasteiger partial charge in [0, 0.05) is 35.2 Å². The molecule has 1 saturated heterocycles. The van der Waals surface area contributed by atoms with Gasteiger partial charge in [-0.2, -0.15) is 0 Å². The number of aromatic nitrogens is 3. The highest BCUT2D eigenvalue weighted by Gasteiger charge is 2.23. The molecule has 3 heterocycles. The van der Waals surface area contributed by atoms with Crippen molar-refractivity contribution in [1.82, 2.24) is 14.5 Å². The fourth-order valence-electron chi connectivity index (χ4n) is 4.82. The van der Waals surface area contributed by atoms with E-state index in [1.165, 1.54) is 36.4 Å². The van der Waals surface area contributed by atoms with E-state index in [9.17, 15) is 23.1 Å². The highest BCUT2D eigenvalue weighted by atomic mass is 35.5. The van der Waals surface area contributed by atoms with Gasteiger partial charge in [0.15, 0.2) is 11.6 Å². The first-order chi connectivity index (χ1) is 20.7. The van der Waals surface area contributed by atoms with Gasteiger partial charge in [0.2, 0.25) is 0 Å². The zero-order valence-corrected chi connectivity index (χ0v) is 23.0. The zero-order valence-electron chi connectivity index (χ0n) is 22.3. The number of hydrogen-bond donors (Lipinski definition) is 1. The van der Waals surface area contributed by atoms with Crippen LogP contribution in [-0.2, 0) is 24.3 Å². The SMILES string of the molecule is O=C(O)c1ccc2nc(Cc3ccc(-c4nc(OCc5ccc(Cl)cc5F)c(F)cc4F)cc3F)n(CC3CCO3)c2c1. The van der Waals surface area contributed by atoms with E-state index in [1.54, 1.807) is 6.07 Å². The van der Waals surface area contributed by atoms with Crippen molar-refractivity contribution in [3.05, 3.63) is 111 Å². The van der Waals surface area contributed by atoms with Crippen LogP contribution in [0, 0.1) is 23.3 Å². The molecule has 1 fully saturated rings. The van der Waals surface area contributed by atoms with Crippen LogP contribution < -0.4 is 4.74 Å². The number of hydrogen-bond acceptors (Lipinski definition) is 5. The second-order valence-electron chi connectivity index (χ2n) is 10.0. The highest BCUT2D eigenvalue weighted by Crippen LogP contribution is 2.30. The second-order valence-corrected chi connectivity index (χ2v) is 10.5. The van der Waals surface area contributed by atoms with E-state index in [-0.39, 0.29) is 45.5 Å². The number of carboxylic acid groups (broad SMARTS) is 1. The summed E-state index contributed by atoms with van der Waals surface area (Å²) in [5.74, 6) is -4.65. The number of halogens is 5. The van der Waals surface area contributed by atoms with Crippen molar-refractivity contribution in [2.24, 2.45) is 0 Å². The molecule has 1 aliphatic rings. The molecule has 12 heteroatoms. The number of fused-ring (bicyclic) bond motifs is 1. The summed E-state index contributed by atoms with van der Waals surface area (Å²) in [7, 11) is 0. The van der Waals surface area contributed by atoms with Crippen molar-refractivity contribution in [1.29, 1.82) is 0 Å². The maximum absolute atomic E-state index is 15.4. The third-order valence-corrected chi connectivity index (χ3v) is 7.44. The Labute approximate surface area is 247 Å². The van der Waals surface area contributed by atoms with E-state index in [4.69, 9.17) is 21.1 Å². The summed E-state index contributed by atoms with van der Waals surface area (Å²) in [4.78, 5) is 20.1. The van der Waals surface area contributed by atoms with Crippen molar-refractivity contribution in [2.75, 3.05) is 6.61 Å². The molecular weight excluding hydrogens is 590 g/mol. The minimum Gasteiger partial charge on any atom is -0.478 e. The van der Waals surface area contributed by atoms with Crippen LogP contribution in [0.2, 0.25) is 5.02 Å². The van der Waals surface area contributed by atoms with Crippen molar-refractivity contribution in [3.63, 3.8) is 0 Å². The van der Waals surface area contributed by atoms with Crippen LogP contribution >= 0.6 is 11.6 Å². The van der Waals surface area contributed by atoms with Gasteiger partial charge in [-0.3, -0.25) is 0 Å². The molecule has 5 aromatic rings. The molecule has 6 rings (SSSR count). The lowest BCUT2D eigenvalue weighted by molar-refractivity contribution is -0.0589. The number of benzene rings is 3. The number of nitrogens with zero attached hydrogens (tertiary/aromatic N) is 3. The Morgan fingerprint density at radius 2 is 1.72 bits per heavy atom. The molecule has 0 bridgehead atoms. The summed E-state index contributed by atoms with van der Waals surface area (Å²) < 4.78 is 71.5. The molecule has 3 aromatic carbocycles. The molecule has 1 N–H and O–H groups in total. The fraction of sp³-hybridized carbons (Fsp3) is 0.194. The van der Waals surface area contributed by atoms with Crippen molar-refractivity contribution < 1.29 is 36.9 Å². The van der Waals surface area contributed by atoms with Gasteiger partial charge >= 0.3 is 5.97 Å². The molecule has 0 spiro atoms. The van der Waals surface area contributed by atoms with Gasteiger partial charge in [-0.25, -0.2) is 32.3 Å². The monoisotopic (exact) mass is 611 g/mol. The first kappa shape index (κ1) is 28.6. The molecule has 0 radical (unpaired) electrons. The molecule has 1 unspecified atom stereocenters. The standard InChI is InChI=1S/C31H22ClF4N3O4/c32-20-5-3-19(23(34)12-20)15-43-30-25(36)13-24(35)29(38-30)17-2-1-16(22(33)9-17)11-28-37-26-6-4-18(31(40)41)10-27(26)39(28)14-21-7-8-42-21/h1-6,9-10,12-13,21H,7-8,11,14-15H2,(H,40,41). The van der Waals surface area contributed by atoms with Gasteiger partial charge in [-0.1, -0.05) is 29.8 Å². The quantitative estimate of drug-likeness (QED) is 0.181. The molecule has 220 valence electrons. The first-order valence-electron chi connectivity index (χ1n) is 13.2. The predicted molar refractivity (Wildman–Crippen MR) is 149 cm³/mol. The predicted octanol–water partition coefficient (Wildman–Crippen LogP) is 6.97. The van der Waals surface area contributed by atoms with Crippen molar-refractivity contribution >= 4 is 28.6 Å². The maximum atomic E-state index is 15.4. The normalized spacial score (nSPS) is 14.6. The van der Waals surface area contributed by atoms with Crippen LogP contribution in [-0.4, -0.2) is 38.3 Å². The van der Waals surface area contributed by atoms with Gasteiger partial charge in [0.1, 0.15) is 29.8 Å². The van der Waals surface area contributed by atoms with Crippen LogP contribution in [0.3, 0.4) is 0 Å². The van der Waals surface area contributed by atoms with Crippen LogP contribution in [0.5, 0.6) is 5.88 Å².